The molecule has 0 aromatic carbocycles. The number of ether oxygens (including phenoxy) is 2. The Kier molecular flexibility index (Phi) is 6.15. The van der Waals surface area contributed by atoms with E-state index in [1.165, 1.54) is 0 Å². The quantitative estimate of drug-likeness (QED) is 0.497. The summed E-state index contributed by atoms with van der Waals surface area (Å²) in [6.07, 6.45) is 2.15. The molecule has 2 heterocycles. The SMILES string of the molecule is CCOc1nc(NI)nc2c1ncn2C(C)CC(CO)OC. The molecule has 8 nitrogen and oxygen atoms in total. The normalized spacial score (nSPS) is 14.0. The van der Waals surface area contributed by atoms with Crippen molar-refractivity contribution in [3.8, 4) is 5.88 Å². The Morgan fingerprint density at radius 1 is 1.45 bits per heavy atom. The third-order valence-electron chi connectivity index (χ3n) is 3.37. The molecule has 122 valence electrons. The standard InChI is InChI=1S/C13H20IN5O3/c1-4-22-12-10-11(16-13(17-12)18-14)19(7-15-10)8(2)5-9(6-20)21-3/h7-9,20H,4-6H2,1-3H3,(H,16,17,18). The van der Waals surface area contributed by atoms with Crippen molar-refractivity contribution in [1.82, 2.24) is 19.5 Å². The molecular weight excluding hydrogens is 401 g/mol. The number of halogens is 1. The van der Waals surface area contributed by atoms with Crippen LogP contribution >= 0.6 is 22.9 Å². The fourth-order valence-corrected chi connectivity index (χ4v) is 2.47. The van der Waals surface area contributed by atoms with Crippen LogP contribution in [0.4, 0.5) is 5.95 Å². The van der Waals surface area contributed by atoms with Crippen molar-refractivity contribution < 1.29 is 14.6 Å². The van der Waals surface area contributed by atoms with Gasteiger partial charge < -0.3 is 19.1 Å². The van der Waals surface area contributed by atoms with Crippen LogP contribution in [0.15, 0.2) is 6.33 Å². The van der Waals surface area contributed by atoms with Crippen LogP contribution in [0, 0.1) is 0 Å². The zero-order chi connectivity index (χ0) is 16.1. The van der Waals surface area contributed by atoms with E-state index in [0.717, 1.165) is 0 Å². The van der Waals surface area contributed by atoms with Gasteiger partial charge in [0.15, 0.2) is 11.2 Å². The Hall–Kier alpha value is -1.20. The molecule has 0 spiro atoms. The summed E-state index contributed by atoms with van der Waals surface area (Å²) >= 11 is 1.98. The highest BCUT2D eigenvalue weighted by Gasteiger charge is 2.19. The molecule has 0 aliphatic carbocycles. The number of nitrogens with zero attached hydrogens (tertiary/aromatic N) is 4. The first-order valence-electron chi connectivity index (χ1n) is 7.02. The van der Waals surface area contributed by atoms with Gasteiger partial charge in [-0.15, -0.1) is 0 Å². The fraction of sp³-hybridized carbons (Fsp3) is 0.615. The lowest BCUT2D eigenvalue weighted by Crippen LogP contribution is -2.20. The first kappa shape index (κ1) is 17.2. The molecule has 2 rings (SSSR count). The van der Waals surface area contributed by atoms with Crippen molar-refractivity contribution in [3.05, 3.63) is 6.33 Å². The Balaban J connectivity index is 2.40. The molecule has 0 aliphatic rings. The van der Waals surface area contributed by atoms with Gasteiger partial charge in [0.05, 0.1) is 48.5 Å². The van der Waals surface area contributed by atoms with E-state index in [0.29, 0.717) is 36.0 Å². The molecule has 2 atom stereocenters. The Labute approximate surface area is 142 Å². The minimum atomic E-state index is -0.220. The number of hydrogen-bond donors (Lipinski definition) is 2. The van der Waals surface area contributed by atoms with Gasteiger partial charge in [0, 0.05) is 13.2 Å². The predicted octanol–water partition coefficient (Wildman–Crippen LogP) is 1.95. The highest BCUT2D eigenvalue weighted by molar-refractivity contribution is 14.1. The minimum Gasteiger partial charge on any atom is -0.476 e. The van der Waals surface area contributed by atoms with E-state index >= 15 is 0 Å². The number of imidazole rings is 1. The number of aliphatic hydroxyl groups is 1. The van der Waals surface area contributed by atoms with Crippen molar-refractivity contribution in [2.45, 2.75) is 32.4 Å². The summed E-state index contributed by atoms with van der Waals surface area (Å²) in [4.78, 5) is 13.1. The predicted molar refractivity (Wildman–Crippen MR) is 91.3 cm³/mol. The number of rotatable bonds is 8. The number of nitrogens with one attached hydrogen (secondary N) is 1. The second kappa shape index (κ2) is 7.88. The maximum atomic E-state index is 9.28. The van der Waals surface area contributed by atoms with E-state index in [4.69, 9.17) is 9.47 Å². The van der Waals surface area contributed by atoms with Crippen LogP contribution in [0.5, 0.6) is 5.88 Å². The van der Waals surface area contributed by atoms with Crippen molar-refractivity contribution in [2.24, 2.45) is 0 Å². The molecule has 0 radical (unpaired) electrons. The molecule has 9 heteroatoms. The average molecular weight is 421 g/mol. The maximum Gasteiger partial charge on any atom is 0.247 e. The molecule has 2 aromatic heterocycles. The van der Waals surface area contributed by atoms with Crippen LogP contribution in [0.1, 0.15) is 26.3 Å². The van der Waals surface area contributed by atoms with E-state index in [1.54, 1.807) is 13.4 Å². The van der Waals surface area contributed by atoms with Crippen LogP contribution in [0.2, 0.25) is 0 Å². The van der Waals surface area contributed by atoms with Crippen molar-refractivity contribution in [2.75, 3.05) is 23.9 Å². The molecule has 0 saturated heterocycles. The van der Waals surface area contributed by atoms with E-state index < -0.39 is 0 Å². The summed E-state index contributed by atoms with van der Waals surface area (Å²) in [6.45, 7) is 4.41. The zero-order valence-electron chi connectivity index (χ0n) is 12.8. The van der Waals surface area contributed by atoms with E-state index in [-0.39, 0.29) is 18.8 Å². The lowest BCUT2D eigenvalue weighted by Gasteiger charge is -2.19. The molecule has 2 aromatic rings. The number of anilines is 1. The van der Waals surface area contributed by atoms with Gasteiger partial charge in [-0.05, 0) is 20.3 Å². The Bertz CT molecular complexity index is 617. The van der Waals surface area contributed by atoms with Crippen molar-refractivity contribution >= 4 is 40.0 Å². The number of methoxy groups -OCH3 is 1. The topological polar surface area (TPSA) is 94.3 Å². The lowest BCUT2D eigenvalue weighted by atomic mass is 10.1. The molecule has 0 fully saturated rings. The Morgan fingerprint density at radius 3 is 2.82 bits per heavy atom. The average Bonchev–Trinajstić information content (AvgIpc) is 2.96. The van der Waals surface area contributed by atoms with Crippen LogP contribution in [0.25, 0.3) is 11.2 Å². The van der Waals surface area contributed by atoms with Gasteiger partial charge in [-0.3, -0.25) is 3.53 Å². The molecule has 0 amide bonds. The molecule has 0 aliphatic heterocycles. The van der Waals surface area contributed by atoms with Gasteiger partial charge in [0.1, 0.15) is 0 Å². The van der Waals surface area contributed by atoms with E-state index in [2.05, 4.69) is 18.5 Å². The first-order valence-corrected chi connectivity index (χ1v) is 8.10. The van der Waals surface area contributed by atoms with Gasteiger partial charge in [0.25, 0.3) is 0 Å². The molecule has 2 unspecified atom stereocenters. The number of aromatic nitrogens is 4. The Morgan fingerprint density at radius 2 is 2.23 bits per heavy atom. The molecule has 0 saturated carbocycles. The van der Waals surface area contributed by atoms with Crippen molar-refractivity contribution in [3.63, 3.8) is 0 Å². The molecular formula is C13H20IN5O3. The molecule has 22 heavy (non-hydrogen) atoms. The van der Waals surface area contributed by atoms with Gasteiger partial charge in [-0.2, -0.15) is 9.97 Å². The third kappa shape index (κ3) is 3.58. The van der Waals surface area contributed by atoms with Crippen LogP contribution in [0.3, 0.4) is 0 Å². The molecule has 2 N–H and O–H groups in total. The first-order chi connectivity index (χ1) is 10.6. The largest absolute Gasteiger partial charge is 0.476 e. The monoisotopic (exact) mass is 421 g/mol. The van der Waals surface area contributed by atoms with Crippen LogP contribution in [-0.4, -0.2) is 51.1 Å². The summed E-state index contributed by atoms with van der Waals surface area (Å²) < 4.78 is 15.6. The lowest BCUT2D eigenvalue weighted by molar-refractivity contribution is 0.0348. The maximum absolute atomic E-state index is 9.28. The van der Waals surface area contributed by atoms with Gasteiger partial charge in [-0.25, -0.2) is 4.98 Å². The van der Waals surface area contributed by atoms with E-state index in [9.17, 15) is 5.11 Å². The van der Waals surface area contributed by atoms with Gasteiger partial charge in [0.2, 0.25) is 11.8 Å². The van der Waals surface area contributed by atoms with Gasteiger partial charge in [-0.1, -0.05) is 0 Å². The number of hydrogen-bond acceptors (Lipinski definition) is 7. The summed E-state index contributed by atoms with van der Waals surface area (Å²) in [7, 11) is 1.59. The second-order valence-corrected chi connectivity index (χ2v) is 5.37. The highest BCUT2D eigenvalue weighted by atomic mass is 127. The number of aliphatic hydroxyl groups excluding tert-OH is 1. The fourth-order valence-electron chi connectivity index (χ4n) is 2.23. The van der Waals surface area contributed by atoms with E-state index in [1.807, 2.05) is 41.3 Å². The molecule has 0 bridgehead atoms. The number of fused-ring (bicyclic) bond motifs is 1. The van der Waals surface area contributed by atoms with Crippen LogP contribution in [-0.2, 0) is 4.74 Å². The van der Waals surface area contributed by atoms with Gasteiger partial charge >= 0.3 is 0 Å². The highest BCUT2D eigenvalue weighted by Crippen LogP contribution is 2.27. The zero-order valence-corrected chi connectivity index (χ0v) is 14.9. The van der Waals surface area contributed by atoms with Crippen LogP contribution < -0.4 is 8.27 Å². The van der Waals surface area contributed by atoms with Crippen molar-refractivity contribution in [1.29, 1.82) is 0 Å². The summed E-state index contributed by atoms with van der Waals surface area (Å²) in [6, 6.07) is 0.0635. The summed E-state index contributed by atoms with van der Waals surface area (Å²) in [5.41, 5.74) is 1.32. The smallest absolute Gasteiger partial charge is 0.247 e. The third-order valence-corrected chi connectivity index (χ3v) is 3.85. The summed E-state index contributed by atoms with van der Waals surface area (Å²) in [5, 5.41) is 9.28. The minimum absolute atomic E-state index is 0.0206. The second-order valence-electron chi connectivity index (χ2n) is 4.83. The summed E-state index contributed by atoms with van der Waals surface area (Å²) in [5.74, 6) is 0.930.